The highest BCUT2D eigenvalue weighted by molar-refractivity contribution is 9.10. The fraction of sp³-hybridized carbons (Fsp3) is 0.0385. The predicted octanol–water partition coefficient (Wildman–Crippen LogP) is 6.96. The number of carbonyl (C=O) groups excluding carboxylic acids is 1. The lowest BCUT2D eigenvalue weighted by Gasteiger charge is -2.06. The second kappa shape index (κ2) is 9.92. The van der Waals surface area contributed by atoms with Crippen LogP contribution in [-0.4, -0.2) is 25.5 Å². The molecule has 3 heterocycles. The number of hydrogen-bond donors (Lipinski definition) is 0. The largest absolute Gasteiger partial charge is 0.292 e. The first-order valence-electron chi connectivity index (χ1n) is 10.5. The van der Waals surface area contributed by atoms with Gasteiger partial charge in [-0.15, -0.1) is 11.3 Å². The van der Waals surface area contributed by atoms with Crippen LogP contribution in [0.2, 0.25) is 5.02 Å². The van der Waals surface area contributed by atoms with E-state index < -0.39 is 5.92 Å². The Morgan fingerprint density at radius 3 is 2.63 bits per heavy atom. The maximum absolute atomic E-state index is 13.7. The van der Waals surface area contributed by atoms with Gasteiger partial charge in [0, 0.05) is 38.4 Å². The van der Waals surface area contributed by atoms with Crippen molar-refractivity contribution in [2.75, 3.05) is 0 Å². The smallest absolute Gasteiger partial charge is 0.190 e. The van der Waals surface area contributed by atoms with Crippen LogP contribution in [0.4, 0.5) is 0 Å². The molecule has 0 amide bonds. The van der Waals surface area contributed by atoms with E-state index in [1.54, 1.807) is 41.3 Å². The van der Waals surface area contributed by atoms with E-state index in [1.165, 1.54) is 11.3 Å². The summed E-state index contributed by atoms with van der Waals surface area (Å²) < 4.78 is 2.41. The second-order valence-corrected chi connectivity index (χ2v) is 9.78. The van der Waals surface area contributed by atoms with E-state index in [0.717, 1.165) is 15.6 Å². The molecule has 0 aliphatic carbocycles. The number of aromatic nitrogens is 4. The van der Waals surface area contributed by atoms with Gasteiger partial charge in [-0.2, -0.15) is 10.4 Å². The molecule has 1 atom stereocenters. The van der Waals surface area contributed by atoms with Crippen LogP contribution in [0.3, 0.4) is 0 Å². The second-order valence-electron chi connectivity index (χ2n) is 7.54. The summed E-state index contributed by atoms with van der Waals surface area (Å²) in [4.78, 5) is 22.7. The zero-order valence-electron chi connectivity index (χ0n) is 18.0. The summed E-state index contributed by atoms with van der Waals surface area (Å²) in [6, 6.07) is 22.4. The van der Waals surface area contributed by atoms with E-state index in [1.807, 2.05) is 47.8 Å². The molecule has 2 aromatic carbocycles. The van der Waals surface area contributed by atoms with Gasteiger partial charge >= 0.3 is 0 Å². The summed E-state index contributed by atoms with van der Waals surface area (Å²) in [5.41, 5.74) is 3.08. The van der Waals surface area contributed by atoms with Crippen molar-refractivity contribution in [3.8, 4) is 34.4 Å². The Balaban J connectivity index is 1.56. The van der Waals surface area contributed by atoms with E-state index in [2.05, 4.69) is 37.1 Å². The van der Waals surface area contributed by atoms with Gasteiger partial charge in [-0.05, 0) is 36.4 Å². The van der Waals surface area contributed by atoms with Gasteiger partial charge in [0.25, 0.3) is 0 Å². The number of ketones is 1. The van der Waals surface area contributed by atoms with Crippen molar-refractivity contribution < 1.29 is 4.79 Å². The van der Waals surface area contributed by atoms with Crippen LogP contribution >= 0.6 is 38.9 Å². The molecule has 5 rings (SSSR count). The molecular weight excluding hydrogens is 546 g/mol. The van der Waals surface area contributed by atoms with Crippen LogP contribution in [0.5, 0.6) is 0 Å². The Morgan fingerprint density at radius 2 is 1.91 bits per heavy atom. The Kier molecular flexibility index (Phi) is 6.55. The fourth-order valence-corrected chi connectivity index (χ4v) is 4.96. The molecule has 0 saturated heterocycles. The van der Waals surface area contributed by atoms with Crippen LogP contribution in [0.1, 0.15) is 21.3 Å². The van der Waals surface area contributed by atoms with Crippen molar-refractivity contribution in [1.82, 2.24) is 19.7 Å². The van der Waals surface area contributed by atoms with Gasteiger partial charge in [0.1, 0.15) is 10.7 Å². The number of halogens is 2. The molecule has 0 fully saturated rings. The topological polar surface area (TPSA) is 84.5 Å². The number of carbonyl (C=O) groups is 1. The number of pyridine rings is 1. The highest BCUT2D eigenvalue weighted by Gasteiger charge is 2.30. The summed E-state index contributed by atoms with van der Waals surface area (Å²) in [5, 5.41) is 17.5. The van der Waals surface area contributed by atoms with Gasteiger partial charge in [-0.3, -0.25) is 4.79 Å². The number of benzene rings is 2. The maximum Gasteiger partial charge on any atom is 0.190 e. The molecule has 0 saturated carbocycles. The number of thiazole rings is 1. The molecule has 170 valence electrons. The average molecular weight is 561 g/mol. The Labute approximate surface area is 218 Å². The monoisotopic (exact) mass is 559 g/mol. The minimum atomic E-state index is -1.08. The number of nitriles is 1. The van der Waals surface area contributed by atoms with Gasteiger partial charge in [-0.25, -0.2) is 14.6 Å². The van der Waals surface area contributed by atoms with Crippen LogP contribution in [0.15, 0.2) is 89.0 Å². The third kappa shape index (κ3) is 4.80. The van der Waals surface area contributed by atoms with E-state index >= 15 is 0 Å². The first kappa shape index (κ1) is 23.1. The summed E-state index contributed by atoms with van der Waals surface area (Å²) in [7, 11) is 0. The third-order valence-electron chi connectivity index (χ3n) is 5.26. The molecule has 1 unspecified atom stereocenters. The molecule has 5 aromatic rings. The lowest BCUT2D eigenvalue weighted by molar-refractivity contribution is 0.0979. The normalized spacial score (nSPS) is 11.7. The van der Waals surface area contributed by atoms with E-state index in [-0.39, 0.29) is 5.78 Å². The lowest BCUT2D eigenvalue weighted by atomic mass is 9.97. The lowest BCUT2D eigenvalue weighted by Crippen LogP contribution is -2.11. The molecule has 6 nitrogen and oxygen atoms in total. The van der Waals surface area contributed by atoms with Gasteiger partial charge in [0.2, 0.25) is 0 Å². The quantitative estimate of drug-likeness (QED) is 0.210. The summed E-state index contributed by atoms with van der Waals surface area (Å²) >= 11 is 10.7. The molecule has 0 aliphatic rings. The first-order valence-corrected chi connectivity index (χ1v) is 12.5. The molecule has 3 aromatic heterocycles. The van der Waals surface area contributed by atoms with E-state index in [9.17, 15) is 10.1 Å². The molecule has 0 spiro atoms. The Morgan fingerprint density at radius 1 is 1.09 bits per heavy atom. The van der Waals surface area contributed by atoms with Crippen molar-refractivity contribution in [3.05, 3.63) is 105 Å². The Bertz CT molecular complexity index is 1560. The van der Waals surface area contributed by atoms with Crippen molar-refractivity contribution >= 4 is 44.7 Å². The molecule has 0 radical (unpaired) electrons. The average Bonchev–Trinajstić information content (AvgIpc) is 3.54. The van der Waals surface area contributed by atoms with Crippen molar-refractivity contribution in [2.24, 2.45) is 0 Å². The van der Waals surface area contributed by atoms with E-state index in [4.69, 9.17) is 11.6 Å². The summed E-state index contributed by atoms with van der Waals surface area (Å²) in [6.45, 7) is 0. The molecule has 0 N–H and O–H groups in total. The standard InChI is InChI=1S/C26H15BrClN5OS/c27-18-5-3-4-17(12-18)24-21(14-33(32-24)23-6-1-2-11-30-23)25(34)20(13-29)26-31-22(15-35-26)16-7-9-19(28)10-8-16/h1-12,14-15,20H. The summed E-state index contributed by atoms with van der Waals surface area (Å²) in [6.07, 6.45) is 3.28. The zero-order chi connectivity index (χ0) is 24.4. The molecule has 9 heteroatoms. The SMILES string of the molecule is N#CC(C(=O)c1cn(-c2ccccn2)nc1-c1cccc(Br)c1)c1nc(-c2ccc(Cl)cc2)cs1. The summed E-state index contributed by atoms with van der Waals surface area (Å²) in [5.74, 6) is -0.884. The molecule has 35 heavy (non-hydrogen) atoms. The van der Waals surface area contributed by atoms with E-state index in [0.29, 0.717) is 32.8 Å². The van der Waals surface area contributed by atoms with Gasteiger partial charge in [-0.1, -0.05) is 57.9 Å². The van der Waals surface area contributed by atoms with Crippen LogP contribution in [0.25, 0.3) is 28.3 Å². The number of hydrogen-bond acceptors (Lipinski definition) is 6. The van der Waals surface area contributed by atoms with Gasteiger partial charge in [0.15, 0.2) is 17.5 Å². The third-order valence-corrected chi connectivity index (χ3v) is 6.92. The minimum absolute atomic E-state index is 0.323. The van der Waals surface area contributed by atoms with Crippen molar-refractivity contribution in [3.63, 3.8) is 0 Å². The van der Waals surface area contributed by atoms with Crippen molar-refractivity contribution in [1.29, 1.82) is 5.26 Å². The maximum atomic E-state index is 13.7. The van der Waals surface area contributed by atoms with Gasteiger partial charge in [0.05, 0.1) is 17.3 Å². The zero-order valence-corrected chi connectivity index (χ0v) is 21.1. The molecular formula is C26H15BrClN5OS. The highest BCUT2D eigenvalue weighted by atomic mass is 79.9. The highest BCUT2D eigenvalue weighted by Crippen LogP contribution is 2.33. The number of nitrogens with zero attached hydrogens (tertiary/aromatic N) is 5. The van der Waals surface area contributed by atoms with Gasteiger partial charge < -0.3 is 0 Å². The minimum Gasteiger partial charge on any atom is -0.292 e. The number of rotatable bonds is 6. The van der Waals surface area contributed by atoms with Crippen LogP contribution < -0.4 is 0 Å². The number of Topliss-reactive ketones (excluding diaryl/α,β-unsaturated/α-hetero) is 1. The fourth-order valence-electron chi connectivity index (χ4n) is 3.56. The van der Waals surface area contributed by atoms with Crippen LogP contribution in [0, 0.1) is 11.3 Å². The van der Waals surface area contributed by atoms with Crippen molar-refractivity contribution in [2.45, 2.75) is 5.92 Å². The molecule has 0 bridgehead atoms. The molecule has 0 aliphatic heterocycles. The Hall–Kier alpha value is -3.64. The first-order chi connectivity index (χ1) is 17.0. The predicted molar refractivity (Wildman–Crippen MR) is 140 cm³/mol. The van der Waals surface area contributed by atoms with Crippen LogP contribution in [-0.2, 0) is 0 Å².